The Morgan fingerprint density at radius 3 is 2.07 bits per heavy atom. The maximum absolute atomic E-state index is 12.6. The Bertz CT molecular complexity index is 1160. The van der Waals surface area contributed by atoms with Crippen LogP contribution in [0, 0.1) is 6.92 Å². The van der Waals surface area contributed by atoms with Crippen LogP contribution in [0.4, 0.5) is 5.69 Å². The lowest BCUT2D eigenvalue weighted by Crippen LogP contribution is -2.37. The Balaban J connectivity index is 1.77. The summed E-state index contributed by atoms with van der Waals surface area (Å²) in [5, 5.41) is 2.58. The van der Waals surface area contributed by atoms with Gasteiger partial charge in [-0.1, -0.05) is 48.5 Å². The van der Waals surface area contributed by atoms with Crippen LogP contribution in [0.2, 0.25) is 0 Å². The molecule has 2 amide bonds. The minimum absolute atomic E-state index is 0.0109. The smallest absolute Gasteiger partial charge is 0.261 e. The summed E-state index contributed by atoms with van der Waals surface area (Å²) >= 11 is 0. The van der Waals surface area contributed by atoms with Crippen LogP contribution in [0.1, 0.15) is 27.5 Å². The van der Waals surface area contributed by atoms with Crippen molar-refractivity contribution < 1.29 is 18.0 Å². The van der Waals surface area contributed by atoms with E-state index in [2.05, 4.69) is 10.0 Å². The second-order valence-corrected chi connectivity index (χ2v) is 8.35. The highest BCUT2D eigenvalue weighted by atomic mass is 32.2. The van der Waals surface area contributed by atoms with Crippen LogP contribution in [0.25, 0.3) is 0 Å². The SMILES string of the molecule is Cc1ccccc1NS(=O)(=O)c1ccc(C(=O)NC(C(N)=O)c2ccccc2)cc1. The number of hydrogen-bond donors (Lipinski definition) is 3. The van der Waals surface area contributed by atoms with Gasteiger partial charge in [0.05, 0.1) is 10.6 Å². The lowest BCUT2D eigenvalue weighted by atomic mass is 10.1. The highest BCUT2D eigenvalue weighted by Crippen LogP contribution is 2.20. The largest absolute Gasteiger partial charge is 0.368 e. The lowest BCUT2D eigenvalue weighted by molar-refractivity contribution is -0.120. The van der Waals surface area contributed by atoms with E-state index >= 15 is 0 Å². The van der Waals surface area contributed by atoms with Crippen molar-refractivity contribution in [3.63, 3.8) is 0 Å². The lowest BCUT2D eigenvalue weighted by Gasteiger charge is -2.16. The molecule has 0 saturated heterocycles. The first kappa shape index (κ1) is 21.1. The predicted molar refractivity (Wildman–Crippen MR) is 114 cm³/mol. The van der Waals surface area contributed by atoms with E-state index in [1.165, 1.54) is 24.3 Å². The van der Waals surface area contributed by atoms with Crippen molar-refractivity contribution in [2.24, 2.45) is 5.73 Å². The molecule has 3 aromatic rings. The number of rotatable bonds is 7. The molecule has 0 aliphatic rings. The Hall–Kier alpha value is -3.65. The first-order chi connectivity index (χ1) is 14.3. The maximum Gasteiger partial charge on any atom is 0.261 e. The van der Waals surface area contributed by atoms with Crippen LogP contribution >= 0.6 is 0 Å². The number of anilines is 1. The molecule has 0 saturated carbocycles. The molecule has 4 N–H and O–H groups in total. The molecule has 1 unspecified atom stereocenters. The molecular weight excluding hydrogens is 402 g/mol. The molecule has 3 rings (SSSR count). The third-order valence-electron chi connectivity index (χ3n) is 4.51. The Labute approximate surface area is 175 Å². The highest BCUT2D eigenvalue weighted by molar-refractivity contribution is 7.92. The number of hydrogen-bond acceptors (Lipinski definition) is 4. The standard InChI is InChI=1S/C22H21N3O4S/c1-15-7-5-6-10-19(15)25-30(28,29)18-13-11-17(12-14-18)22(27)24-20(21(23)26)16-8-3-2-4-9-16/h2-14,20,25H,1H3,(H2,23,26)(H,24,27). The Kier molecular flexibility index (Phi) is 6.17. The van der Waals surface area contributed by atoms with E-state index in [4.69, 9.17) is 5.73 Å². The van der Waals surface area contributed by atoms with Crippen molar-refractivity contribution in [3.8, 4) is 0 Å². The first-order valence-corrected chi connectivity index (χ1v) is 10.6. The number of nitrogens with two attached hydrogens (primary N) is 1. The number of nitrogens with one attached hydrogen (secondary N) is 2. The van der Waals surface area contributed by atoms with Crippen LogP contribution in [0.3, 0.4) is 0 Å². The summed E-state index contributed by atoms with van der Waals surface area (Å²) in [4.78, 5) is 24.3. The monoisotopic (exact) mass is 423 g/mol. The molecular formula is C22H21N3O4S. The molecule has 0 spiro atoms. The first-order valence-electron chi connectivity index (χ1n) is 9.11. The predicted octanol–water partition coefficient (Wildman–Crippen LogP) is 2.75. The quantitative estimate of drug-likeness (QED) is 0.541. The second kappa shape index (κ2) is 8.79. The molecule has 30 heavy (non-hydrogen) atoms. The number of carbonyl (C=O) groups is 2. The molecule has 0 aliphatic carbocycles. The van der Waals surface area contributed by atoms with E-state index < -0.39 is 27.9 Å². The minimum Gasteiger partial charge on any atom is -0.368 e. The fourth-order valence-electron chi connectivity index (χ4n) is 2.86. The van der Waals surface area contributed by atoms with Crippen molar-refractivity contribution in [3.05, 3.63) is 95.6 Å². The van der Waals surface area contributed by atoms with E-state index in [9.17, 15) is 18.0 Å². The van der Waals surface area contributed by atoms with Crippen molar-refractivity contribution in [2.45, 2.75) is 17.9 Å². The highest BCUT2D eigenvalue weighted by Gasteiger charge is 2.21. The number of benzene rings is 3. The maximum atomic E-state index is 12.6. The summed E-state index contributed by atoms with van der Waals surface area (Å²) in [7, 11) is -3.81. The van der Waals surface area contributed by atoms with Gasteiger partial charge in [-0.25, -0.2) is 8.42 Å². The van der Waals surface area contributed by atoms with Gasteiger partial charge in [0.2, 0.25) is 5.91 Å². The van der Waals surface area contributed by atoms with E-state index in [0.29, 0.717) is 11.3 Å². The molecule has 0 aromatic heterocycles. The van der Waals surface area contributed by atoms with Gasteiger partial charge >= 0.3 is 0 Å². The van der Waals surface area contributed by atoms with Crippen LogP contribution < -0.4 is 15.8 Å². The fourth-order valence-corrected chi connectivity index (χ4v) is 3.99. The van der Waals surface area contributed by atoms with Crippen LogP contribution in [0.15, 0.2) is 83.8 Å². The Morgan fingerprint density at radius 1 is 0.867 bits per heavy atom. The fraction of sp³-hybridized carbons (Fsp3) is 0.0909. The summed E-state index contributed by atoms with van der Waals surface area (Å²) in [6, 6.07) is 20.1. The van der Waals surface area contributed by atoms with Gasteiger partial charge in [-0.2, -0.15) is 0 Å². The molecule has 3 aromatic carbocycles. The van der Waals surface area contributed by atoms with Crippen LogP contribution in [-0.4, -0.2) is 20.2 Å². The van der Waals surface area contributed by atoms with E-state index in [1.54, 1.807) is 55.5 Å². The average molecular weight is 423 g/mol. The number of para-hydroxylation sites is 1. The van der Waals surface area contributed by atoms with Crippen molar-refractivity contribution >= 4 is 27.5 Å². The summed E-state index contributed by atoms with van der Waals surface area (Å²) in [5.41, 5.74) is 7.44. The molecule has 7 nitrogen and oxygen atoms in total. The van der Waals surface area contributed by atoms with Gasteiger partial charge in [-0.05, 0) is 48.4 Å². The number of amides is 2. The Morgan fingerprint density at radius 2 is 1.47 bits per heavy atom. The van der Waals surface area contributed by atoms with Crippen LogP contribution in [0.5, 0.6) is 0 Å². The summed E-state index contributed by atoms with van der Waals surface area (Å²) in [6.45, 7) is 1.80. The normalized spacial score (nSPS) is 12.0. The second-order valence-electron chi connectivity index (χ2n) is 6.66. The zero-order chi connectivity index (χ0) is 21.7. The number of primary amides is 1. The van der Waals surface area contributed by atoms with E-state index in [1.807, 2.05) is 6.07 Å². The van der Waals surface area contributed by atoms with Crippen LogP contribution in [-0.2, 0) is 14.8 Å². The molecule has 154 valence electrons. The van der Waals surface area contributed by atoms with Crippen molar-refractivity contribution in [2.75, 3.05) is 4.72 Å². The molecule has 0 radical (unpaired) electrons. The third-order valence-corrected chi connectivity index (χ3v) is 5.89. The molecule has 0 bridgehead atoms. The average Bonchev–Trinajstić information content (AvgIpc) is 2.74. The zero-order valence-corrected chi connectivity index (χ0v) is 17.0. The summed E-state index contributed by atoms with van der Waals surface area (Å²) < 4.78 is 27.8. The molecule has 1 atom stereocenters. The van der Waals surface area contributed by atoms with Gasteiger partial charge in [0.15, 0.2) is 0 Å². The van der Waals surface area contributed by atoms with Gasteiger partial charge < -0.3 is 11.1 Å². The third kappa shape index (κ3) is 4.84. The van der Waals surface area contributed by atoms with Crippen molar-refractivity contribution in [1.29, 1.82) is 0 Å². The van der Waals surface area contributed by atoms with Crippen molar-refractivity contribution in [1.82, 2.24) is 5.32 Å². The molecule has 0 aliphatic heterocycles. The summed E-state index contributed by atoms with van der Waals surface area (Å²) in [6.07, 6.45) is 0. The topological polar surface area (TPSA) is 118 Å². The number of sulfonamides is 1. The number of carbonyl (C=O) groups excluding carboxylic acids is 2. The minimum atomic E-state index is -3.81. The molecule has 0 heterocycles. The van der Waals surface area contributed by atoms with Gasteiger partial charge in [0.25, 0.3) is 15.9 Å². The van der Waals surface area contributed by atoms with Gasteiger partial charge in [-0.3, -0.25) is 14.3 Å². The van der Waals surface area contributed by atoms with E-state index in [-0.39, 0.29) is 10.5 Å². The van der Waals surface area contributed by atoms with Gasteiger partial charge in [-0.15, -0.1) is 0 Å². The molecule has 8 heteroatoms. The summed E-state index contributed by atoms with van der Waals surface area (Å²) in [5.74, 6) is -1.24. The van der Waals surface area contributed by atoms with Gasteiger partial charge in [0.1, 0.15) is 6.04 Å². The van der Waals surface area contributed by atoms with Gasteiger partial charge in [0, 0.05) is 5.56 Å². The number of aryl methyl sites for hydroxylation is 1. The zero-order valence-electron chi connectivity index (χ0n) is 16.2. The van der Waals surface area contributed by atoms with E-state index in [0.717, 1.165) is 5.56 Å². The molecule has 0 fully saturated rings.